The van der Waals surface area contributed by atoms with E-state index in [4.69, 9.17) is 9.47 Å². The van der Waals surface area contributed by atoms with Crippen LogP contribution in [0.1, 0.15) is 63.6 Å². The van der Waals surface area contributed by atoms with Gasteiger partial charge in [0.1, 0.15) is 17.9 Å². The second kappa shape index (κ2) is 10.1. The molecule has 0 saturated heterocycles. The molecule has 1 aliphatic heterocycles. The van der Waals surface area contributed by atoms with Crippen molar-refractivity contribution in [1.29, 1.82) is 0 Å². The normalized spacial score (nSPS) is 13.7. The van der Waals surface area contributed by atoms with Crippen LogP contribution in [0.15, 0.2) is 42.5 Å². The molecule has 0 radical (unpaired) electrons. The molecule has 3 rings (SSSR count). The van der Waals surface area contributed by atoms with Crippen LogP contribution >= 0.6 is 0 Å². The lowest BCUT2D eigenvalue weighted by molar-refractivity contribution is 0.0506. The monoisotopic (exact) mass is 413 g/mol. The van der Waals surface area contributed by atoms with Gasteiger partial charge in [0.15, 0.2) is 0 Å². The van der Waals surface area contributed by atoms with Crippen LogP contribution in [0.3, 0.4) is 0 Å². The molecular weight excluding hydrogens is 382 g/mol. The first-order chi connectivity index (χ1) is 14.2. The maximum absolute atomic E-state index is 12.8. The van der Waals surface area contributed by atoms with Crippen LogP contribution in [0.2, 0.25) is 0 Å². The minimum atomic E-state index is -0.575. The van der Waals surface area contributed by atoms with E-state index in [1.807, 2.05) is 39.0 Å². The highest BCUT2D eigenvalue weighted by atomic mass is 16.6. The van der Waals surface area contributed by atoms with E-state index in [1.54, 1.807) is 49.9 Å². The predicted octanol–water partition coefficient (Wildman–Crippen LogP) is 4.73. The highest BCUT2D eigenvalue weighted by molar-refractivity contribution is 6.06. The maximum Gasteiger partial charge on any atom is 0.408 e. The smallest absolute Gasteiger partial charge is 0.408 e. The second-order valence-corrected chi connectivity index (χ2v) is 7.60. The number of rotatable bonds is 3. The molecule has 1 aliphatic rings. The molecule has 1 N–H and O–H groups in total. The third-order valence-electron chi connectivity index (χ3n) is 4.15. The Morgan fingerprint density at radius 3 is 2.43 bits per heavy atom. The molecule has 0 spiro atoms. The van der Waals surface area contributed by atoms with Crippen LogP contribution in [-0.2, 0) is 4.74 Å². The van der Waals surface area contributed by atoms with Crippen LogP contribution in [0.5, 0.6) is 5.88 Å². The van der Waals surface area contributed by atoms with Crippen molar-refractivity contribution in [2.75, 3.05) is 18.1 Å². The zero-order valence-corrected chi connectivity index (χ0v) is 18.6. The fraction of sp³-hybridized carbons (Fsp3) is 0.435. The van der Waals surface area contributed by atoms with Crippen molar-refractivity contribution < 1.29 is 19.1 Å². The number of benzene rings is 1. The Bertz CT molecular complexity index is 862. The fourth-order valence-corrected chi connectivity index (χ4v) is 2.86. The van der Waals surface area contributed by atoms with Gasteiger partial charge in [-0.25, -0.2) is 9.78 Å². The maximum atomic E-state index is 12.8. The van der Waals surface area contributed by atoms with Gasteiger partial charge in [0.25, 0.3) is 5.91 Å². The number of nitrogens with one attached hydrogen (secondary N) is 1. The van der Waals surface area contributed by atoms with E-state index in [2.05, 4.69) is 10.3 Å². The van der Waals surface area contributed by atoms with Gasteiger partial charge >= 0.3 is 6.09 Å². The Kier molecular flexibility index (Phi) is 7.80. The van der Waals surface area contributed by atoms with Crippen molar-refractivity contribution in [3.63, 3.8) is 0 Å². The van der Waals surface area contributed by atoms with Crippen molar-refractivity contribution in [1.82, 2.24) is 10.3 Å². The van der Waals surface area contributed by atoms with Crippen LogP contribution in [0, 0.1) is 0 Å². The van der Waals surface area contributed by atoms with E-state index in [0.717, 1.165) is 0 Å². The van der Waals surface area contributed by atoms with E-state index >= 15 is 0 Å². The number of alkyl carbamates (subject to hydrolysis) is 1. The van der Waals surface area contributed by atoms with E-state index in [9.17, 15) is 9.59 Å². The summed E-state index contributed by atoms with van der Waals surface area (Å²) < 4.78 is 10.9. The summed E-state index contributed by atoms with van der Waals surface area (Å²) in [4.78, 5) is 31.0. The number of anilines is 1. The van der Waals surface area contributed by atoms with Crippen molar-refractivity contribution in [2.45, 2.75) is 53.2 Å². The first-order valence-corrected chi connectivity index (χ1v) is 10.2. The molecule has 2 aromatic rings. The van der Waals surface area contributed by atoms with E-state index in [-0.39, 0.29) is 11.9 Å². The molecule has 30 heavy (non-hydrogen) atoms. The number of hydrogen-bond donors (Lipinski definition) is 1. The highest BCUT2D eigenvalue weighted by Gasteiger charge is 2.27. The fourth-order valence-electron chi connectivity index (χ4n) is 2.86. The Balaban J connectivity index is 0.00000155. The van der Waals surface area contributed by atoms with Crippen molar-refractivity contribution >= 4 is 17.7 Å². The number of pyridine rings is 1. The molecule has 0 bridgehead atoms. The quantitative estimate of drug-likeness (QED) is 0.787. The van der Waals surface area contributed by atoms with Crippen LogP contribution in [0.4, 0.5) is 10.5 Å². The number of amides is 2. The highest BCUT2D eigenvalue weighted by Crippen LogP contribution is 2.32. The van der Waals surface area contributed by atoms with E-state index in [1.165, 1.54) is 0 Å². The SMILES string of the molecule is CC.CC(NC(=O)OC(C)(C)C)c1ccc2c(n1)OCCN2C(=O)c1ccccc1. The lowest BCUT2D eigenvalue weighted by atomic mass is 10.1. The zero-order valence-electron chi connectivity index (χ0n) is 18.6. The molecule has 7 nitrogen and oxygen atoms in total. The third kappa shape index (κ3) is 5.95. The molecule has 0 saturated carbocycles. The number of carbonyl (C=O) groups is 2. The number of hydrogen-bond acceptors (Lipinski definition) is 5. The van der Waals surface area contributed by atoms with E-state index < -0.39 is 11.7 Å². The minimum Gasteiger partial charge on any atom is -0.474 e. The molecule has 1 aromatic carbocycles. The van der Waals surface area contributed by atoms with Gasteiger partial charge in [0.05, 0.1) is 18.3 Å². The number of carbonyl (C=O) groups excluding carboxylic acids is 2. The second-order valence-electron chi connectivity index (χ2n) is 7.60. The molecule has 1 atom stereocenters. The number of fused-ring (bicyclic) bond motifs is 1. The number of ether oxygens (including phenoxy) is 2. The van der Waals surface area contributed by atoms with Gasteiger partial charge in [-0.3, -0.25) is 4.79 Å². The first-order valence-electron chi connectivity index (χ1n) is 10.2. The summed E-state index contributed by atoms with van der Waals surface area (Å²) in [7, 11) is 0. The topological polar surface area (TPSA) is 80.8 Å². The van der Waals surface area contributed by atoms with Crippen molar-refractivity contribution in [3.8, 4) is 5.88 Å². The summed E-state index contributed by atoms with van der Waals surface area (Å²) in [6.45, 7) is 12.0. The summed E-state index contributed by atoms with van der Waals surface area (Å²) in [5, 5.41) is 2.76. The average Bonchev–Trinajstić information content (AvgIpc) is 2.73. The summed E-state index contributed by atoms with van der Waals surface area (Å²) >= 11 is 0. The van der Waals surface area contributed by atoms with Gasteiger partial charge in [-0.2, -0.15) is 0 Å². The standard InChI is InChI=1S/C21H25N3O4.C2H6/c1-14(22-20(26)28-21(2,3)4)16-10-11-17-18(23-16)27-13-12-24(17)19(25)15-8-6-5-7-9-15;1-2/h5-11,14H,12-13H2,1-4H3,(H,22,26);1-2H3. The molecule has 7 heteroatoms. The third-order valence-corrected chi connectivity index (χ3v) is 4.15. The number of aromatic nitrogens is 1. The van der Waals surface area contributed by atoms with Crippen LogP contribution in [0.25, 0.3) is 0 Å². The summed E-state index contributed by atoms with van der Waals surface area (Å²) in [6.07, 6.45) is -0.513. The van der Waals surface area contributed by atoms with Gasteiger partial charge in [-0.05, 0) is 52.0 Å². The van der Waals surface area contributed by atoms with Gasteiger partial charge in [0, 0.05) is 5.56 Å². The number of nitrogens with zero attached hydrogens (tertiary/aromatic N) is 2. The lowest BCUT2D eigenvalue weighted by Gasteiger charge is -2.29. The van der Waals surface area contributed by atoms with Crippen LogP contribution < -0.4 is 15.0 Å². The van der Waals surface area contributed by atoms with Crippen molar-refractivity contribution in [2.24, 2.45) is 0 Å². The molecule has 1 aromatic heterocycles. The summed E-state index contributed by atoms with van der Waals surface area (Å²) in [5.41, 5.74) is 1.28. The Hall–Kier alpha value is -3.09. The van der Waals surface area contributed by atoms with E-state index in [0.29, 0.717) is 36.0 Å². The molecule has 0 aliphatic carbocycles. The molecule has 162 valence electrons. The Morgan fingerprint density at radius 1 is 1.13 bits per heavy atom. The Morgan fingerprint density at radius 2 is 1.80 bits per heavy atom. The van der Waals surface area contributed by atoms with Gasteiger partial charge in [0.2, 0.25) is 5.88 Å². The minimum absolute atomic E-state index is 0.0976. The molecule has 2 heterocycles. The van der Waals surface area contributed by atoms with Gasteiger partial charge < -0.3 is 19.7 Å². The summed E-state index contributed by atoms with van der Waals surface area (Å²) in [5.74, 6) is 0.283. The lowest BCUT2D eigenvalue weighted by Crippen LogP contribution is -2.38. The van der Waals surface area contributed by atoms with Crippen LogP contribution in [-0.4, -0.2) is 35.7 Å². The first kappa shape index (κ1) is 23.2. The molecule has 2 amide bonds. The van der Waals surface area contributed by atoms with Gasteiger partial charge in [-0.1, -0.05) is 32.0 Å². The average molecular weight is 414 g/mol. The van der Waals surface area contributed by atoms with Gasteiger partial charge in [-0.15, -0.1) is 0 Å². The predicted molar refractivity (Wildman–Crippen MR) is 117 cm³/mol. The molecule has 0 fully saturated rings. The van der Waals surface area contributed by atoms with Crippen molar-refractivity contribution in [3.05, 3.63) is 53.7 Å². The largest absolute Gasteiger partial charge is 0.474 e. The Labute approximate surface area is 178 Å². The summed E-state index contributed by atoms with van der Waals surface area (Å²) in [6, 6.07) is 12.3. The molecular formula is C23H31N3O4. The molecule has 1 unspecified atom stereocenters. The zero-order chi connectivity index (χ0) is 22.3.